The first-order valence-corrected chi connectivity index (χ1v) is 9.19. The number of nitrogens with two attached hydrogens (primary N) is 1. The van der Waals surface area contributed by atoms with Gasteiger partial charge in [0.2, 0.25) is 5.91 Å². The number of aromatic hydroxyl groups is 1. The number of phenolic OH excluding ortho intramolecular Hbond substituents is 1. The molecular weight excluding hydrogens is 316 g/mol. The van der Waals surface area contributed by atoms with E-state index in [4.69, 9.17) is 5.73 Å². The Morgan fingerprint density at radius 3 is 2.52 bits per heavy atom. The van der Waals surface area contributed by atoms with Crippen molar-refractivity contribution in [2.24, 2.45) is 11.1 Å². The molecule has 1 amide bonds. The molecule has 3 rings (SSSR count). The molecule has 0 spiro atoms. The number of carbonyl (C=O) groups excluding carboxylic acids is 1. The minimum Gasteiger partial charge on any atom is -0.506 e. The maximum absolute atomic E-state index is 12.9. The molecule has 138 valence electrons. The Bertz CT molecular complexity index is 615. The molecule has 2 fully saturated rings. The molecule has 2 heterocycles. The normalized spacial score (nSPS) is 26.0. The number of amides is 1. The molecule has 1 aromatic carbocycles. The quantitative estimate of drug-likeness (QED) is 0.854. The molecule has 0 saturated carbocycles. The SMILES string of the molecule is CC(C(=O)N1CCN(c2ccccc2O)CC1)N1CCC(C)(CN)C1. The van der Waals surface area contributed by atoms with E-state index in [1.807, 2.05) is 30.0 Å². The Balaban J connectivity index is 1.56. The van der Waals surface area contributed by atoms with Crippen LogP contribution in [0.15, 0.2) is 24.3 Å². The van der Waals surface area contributed by atoms with E-state index in [0.29, 0.717) is 25.4 Å². The highest BCUT2D eigenvalue weighted by atomic mass is 16.3. The number of carbonyl (C=O) groups is 1. The summed E-state index contributed by atoms with van der Waals surface area (Å²) in [6.45, 7) is 9.61. The Morgan fingerprint density at radius 1 is 1.24 bits per heavy atom. The molecule has 3 N–H and O–H groups in total. The number of anilines is 1. The van der Waals surface area contributed by atoms with Gasteiger partial charge >= 0.3 is 0 Å². The van der Waals surface area contributed by atoms with Crippen molar-refractivity contribution < 1.29 is 9.90 Å². The molecule has 2 aliphatic heterocycles. The van der Waals surface area contributed by atoms with Crippen LogP contribution in [0.5, 0.6) is 5.75 Å². The number of hydrogen-bond donors (Lipinski definition) is 2. The Labute approximate surface area is 150 Å². The fourth-order valence-corrected chi connectivity index (χ4v) is 3.88. The zero-order valence-corrected chi connectivity index (χ0v) is 15.3. The highest BCUT2D eigenvalue weighted by molar-refractivity contribution is 5.82. The highest BCUT2D eigenvalue weighted by Crippen LogP contribution is 2.31. The maximum atomic E-state index is 12.9. The lowest BCUT2D eigenvalue weighted by Crippen LogP contribution is -2.54. The van der Waals surface area contributed by atoms with E-state index >= 15 is 0 Å². The van der Waals surface area contributed by atoms with Gasteiger partial charge in [0.25, 0.3) is 0 Å². The molecule has 2 unspecified atom stereocenters. The second-order valence-electron chi connectivity index (χ2n) is 7.71. The zero-order chi connectivity index (χ0) is 18.0. The van der Waals surface area contributed by atoms with Crippen molar-refractivity contribution in [3.05, 3.63) is 24.3 Å². The molecule has 6 nitrogen and oxygen atoms in total. The average molecular weight is 346 g/mol. The van der Waals surface area contributed by atoms with E-state index in [1.54, 1.807) is 6.07 Å². The largest absolute Gasteiger partial charge is 0.506 e. The summed E-state index contributed by atoms with van der Waals surface area (Å²) in [4.78, 5) is 19.2. The van der Waals surface area contributed by atoms with Gasteiger partial charge in [-0.05, 0) is 44.0 Å². The molecule has 2 saturated heterocycles. The van der Waals surface area contributed by atoms with Crippen molar-refractivity contribution in [3.8, 4) is 5.75 Å². The first kappa shape index (κ1) is 18.0. The molecule has 25 heavy (non-hydrogen) atoms. The predicted octanol–water partition coefficient (Wildman–Crippen LogP) is 1.10. The average Bonchev–Trinajstić information content (AvgIpc) is 3.04. The Kier molecular flexibility index (Phi) is 5.20. The second-order valence-corrected chi connectivity index (χ2v) is 7.71. The maximum Gasteiger partial charge on any atom is 0.239 e. The summed E-state index contributed by atoms with van der Waals surface area (Å²) in [5, 5.41) is 10.0. The molecule has 0 radical (unpaired) electrons. The molecule has 6 heteroatoms. The van der Waals surface area contributed by atoms with Crippen LogP contribution in [0, 0.1) is 5.41 Å². The number of nitrogens with zero attached hydrogens (tertiary/aromatic N) is 3. The lowest BCUT2D eigenvalue weighted by molar-refractivity contribution is -0.136. The van der Waals surface area contributed by atoms with Gasteiger partial charge in [0, 0.05) is 32.7 Å². The monoisotopic (exact) mass is 346 g/mol. The van der Waals surface area contributed by atoms with Crippen molar-refractivity contribution in [1.29, 1.82) is 0 Å². The molecule has 0 aromatic heterocycles. The number of rotatable bonds is 4. The first-order chi connectivity index (χ1) is 11.9. The Morgan fingerprint density at radius 2 is 1.92 bits per heavy atom. The summed E-state index contributed by atoms with van der Waals surface area (Å²) < 4.78 is 0. The van der Waals surface area contributed by atoms with Crippen LogP contribution in [0.1, 0.15) is 20.3 Å². The zero-order valence-electron chi connectivity index (χ0n) is 15.3. The third-order valence-corrected chi connectivity index (χ3v) is 5.80. The number of hydrogen-bond acceptors (Lipinski definition) is 5. The molecule has 2 atom stereocenters. The van der Waals surface area contributed by atoms with Gasteiger partial charge < -0.3 is 20.6 Å². The van der Waals surface area contributed by atoms with E-state index in [9.17, 15) is 9.90 Å². The fraction of sp³-hybridized carbons (Fsp3) is 0.632. The van der Waals surface area contributed by atoms with Crippen LogP contribution in [0.3, 0.4) is 0 Å². The van der Waals surface area contributed by atoms with Crippen molar-refractivity contribution >= 4 is 11.6 Å². The summed E-state index contributed by atoms with van der Waals surface area (Å²) in [6.07, 6.45) is 1.06. The molecule has 0 aliphatic carbocycles. The topological polar surface area (TPSA) is 73.0 Å². The van der Waals surface area contributed by atoms with Gasteiger partial charge in [-0.15, -0.1) is 0 Å². The van der Waals surface area contributed by atoms with Gasteiger partial charge in [0.15, 0.2) is 0 Å². The Hall–Kier alpha value is -1.79. The fourth-order valence-electron chi connectivity index (χ4n) is 3.88. The summed E-state index contributed by atoms with van der Waals surface area (Å²) in [7, 11) is 0. The summed E-state index contributed by atoms with van der Waals surface area (Å²) in [6, 6.07) is 7.29. The summed E-state index contributed by atoms with van der Waals surface area (Å²) >= 11 is 0. The van der Waals surface area contributed by atoms with E-state index < -0.39 is 0 Å². The van der Waals surface area contributed by atoms with E-state index in [-0.39, 0.29) is 17.4 Å². The first-order valence-electron chi connectivity index (χ1n) is 9.19. The van der Waals surface area contributed by atoms with E-state index in [2.05, 4.69) is 16.7 Å². The van der Waals surface area contributed by atoms with Crippen LogP contribution < -0.4 is 10.6 Å². The van der Waals surface area contributed by atoms with Crippen LogP contribution in [-0.2, 0) is 4.79 Å². The predicted molar refractivity (Wildman–Crippen MR) is 99.7 cm³/mol. The van der Waals surface area contributed by atoms with Gasteiger partial charge in [-0.1, -0.05) is 19.1 Å². The lowest BCUT2D eigenvalue weighted by Gasteiger charge is -2.38. The van der Waals surface area contributed by atoms with Crippen LogP contribution >= 0.6 is 0 Å². The van der Waals surface area contributed by atoms with Crippen molar-refractivity contribution in [2.45, 2.75) is 26.3 Å². The van der Waals surface area contributed by atoms with Crippen molar-refractivity contribution in [3.63, 3.8) is 0 Å². The van der Waals surface area contributed by atoms with Gasteiger partial charge in [-0.2, -0.15) is 0 Å². The highest BCUT2D eigenvalue weighted by Gasteiger charge is 2.38. The standard InChI is InChI=1S/C19H30N4O2/c1-15(23-8-7-19(2,13-20)14-23)18(25)22-11-9-21(10-12-22)16-5-3-4-6-17(16)24/h3-6,15,24H,7-14,20H2,1-2H3. The van der Waals surface area contributed by atoms with Gasteiger partial charge in [0.1, 0.15) is 5.75 Å². The van der Waals surface area contributed by atoms with Crippen molar-refractivity contribution in [1.82, 2.24) is 9.80 Å². The van der Waals surface area contributed by atoms with Gasteiger partial charge in [0.05, 0.1) is 11.7 Å². The number of piperazine rings is 1. The molecule has 2 aliphatic rings. The smallest absolute Gasteiger partial charge is 0.239 e. The second kappa shape index (κ2) is 7.22. The third kappa shape index (κ3) is 3.75. The lowest BCUT2D eigenvalue weighted by atomic mass is 9.90. The van der Waals surface area contributed by atoms with Crippen LogP contribution in [-0.4, -0.2) is 72.7 Å². The van der Waals surface area contributed by atoms with Crippen LogP contribution in [0.25, 0.3) is 0 Å². The molecule has 0 bridgehead atoms. The van der Waals surface area contributed by atoms with Crippen LogP contribution in [0.2, 0.25) is 0 Å². The number of para-hydroxylation sites is 2. The van der Waals surface area contributed by atoms with E-state index in [1.165, 1.54) is 0 Å². The minimum atomic E-state index is -0.0925. The molecular formula is C19H30N4O2. The third-order valence-electron chi connectivity index (χ3n) is 5.80. The van der Waals surface area contributed by atoms with Crippen LogP contribution in [0.4, 0.5) is 5.69 Å². The minimum absolute atomic E-state index is 0.0925. The summed E-state index contributed by atoms with van der Waals surface area (Å²) in [5.74, 6) is 0.506. The number of likely N-dealkylation sites (tertiary alicyclic amines) is 1. The number of benzene rings is 1. The number of phenols is 1. The van der Waals surface area contributed by atoms with Gasteiger partial charge in [-0.3, -0.25) is 9.69 Å². The van der Waals surface area contributed by atoms with Crippen molar-refractivity contribution in [2.75, 3.05) is 50.7 Å². The van der Waals surface area contributed by atoms with E-state index in [0.717, 1.165) is 38.3 Å². The molecule has 1 aromatic rings. The van der Waals surface area contributed by atoms with Gasteiger partial charge in [-0.25, -0.2) is 0 Å². The summed E-state index contributed by atoms with van der Waals surface area (Å²) in [5.41, 5.74) is 6.87.